The van der Waals surface area contributed by atoms with E-state index in [0.717, 1.165) is 27.7 Å². The van der Waals surface area contributed by atoms with Crippen LogP contribution < -0.4 is 10.0 Å². The Balaban J connectivity index is 1.51. The molecule has 0 aliphatic heterocycles. The van der Waals surface area contributed by atoms with Gasteiger partial charge in [-0.3, -0.25) is 9.52 Å². The van der Waals surface area contributed by atoms with Crippen molar-refractivity contribution < 1.29 is 17.6 Å². The highest BCUT2D eigenvalue weighted by Crippen LogP contribution is 2.25. The number of carbonyl (C=O) groups excluding carboxylic acids is 1. The molecule has 0 spiro atoms. The van der Waals surface area contributed by atoms with Crippen molar-refractivity contribution in [1.29, 1.82) is 0 Å². The van der Waals surface area contributed by atoms with Crippen LogP contribution in [0.15, 0.2) is 82.3 Å². The summed E-state index contributed by atoms with van der Waals surface area (Å²) in [7, 11) is -3.73. The number of aryl methyl sites for hydroxylation is 2. The highest BCUT2D eigenvalue weighted by atomic mass is 32.2. The molecule has 3 aromatic carbocycles. The molecule has 4 aromatic rings. The molecule has 0 aliphatic rings. The predicted octanol–water partition coefficient (Wildman–Crippen LogP) is 5.03. The molecule has 0 aliphatic carbocycles. The fourth-order valence-corrected chi connectivity index (χ4v) is 4.46. The fraction of sp³-hybridized carbons (Fsp3) is 0.125. The second kappa shape index (κ2) is 8.28. The van der Waals surface area contributed by atoms with Gasteiger partial charge in [0.15, 0.2) is 0 Å². The van der Waals surface area contributed by atoms with Gasteiger partial charge < -0.3 is 9.73 Å². The number of sulfonamides is 1. The first-order valence-electron chi connectivity index (χ1n) is 9.77. The van der Waals surface area contributed by atoms with Gasteiger partial charge in [0.05, 0.1) is 23.3 Å². The third kappa shape index (κ3) is 4.62. The number of benzene rings is 3. The monoisotopic (exact) mass is 434 g/mol. The summed E-state index contributed by atoms with van der Waals surface area (Å²) in [5.74, 6) is -0.219. The van der Waals surface area contributed by atoms with Crippen LogP contribution in [0, 0.1) is 13.8 Å². The molecule has 1 aromatic heterocycles. The lowest BCUT2D eigenvalue weighted by Crippen LogP contribution is -2.16. The minimum atomic E-state index is -3.73. The van der Waals surface area contributed by atoms with Crippen LogP contribution in [0.2, 0.25) is 0 Å². The number of fused-ring (bicyclic) bond motifs is 1. The van der Waals surface area contributed by atoms with Gasteiger partial charge in [-0.2, -0.15) is 0 Å². The lowest BCUT2D eigenvalue weighted by atomic mass is 10.1. The quantitative estimate of drug-likeness (QED) is 0.445. The van der Waals surface area contributed by atoms with Crippen molar-refractivity contribution in [2.75, 3.05) is 10.0 Å². The predicted molar refractivity (Wildman–Crippen MR) is 122 cm³/mol. The number of anilines is 2. The van der Waals surface area contributed by atoms with Crippen LogP contribution in [0.5, 0.6) is 0 Å². The van der Waals surface area contributed by atoms with Crippen molar-refractivity contribution in [3.8, 4) is 0 Å². The maximum Gasteiger partial charge on any atom is 0.261 e. The zero-order valence-corrected chi connectivity index (χ0v) is 18.0. The SMILES string of the molecule is Cc1ccc2c(CC(=O)Nc3ccc(C)c(NS(=O)(=O)c4ccccc4)c3)coc2c1. The Kier molecular flexibility index (Phi) is 5.52. The number of rotatable bonds is 6. The Morgan fingerprint density at radius 3 is 2.52 bits per heavy atom. The van der Waals surface area contributed by atoms with Gasteiger partial charge in [-0.15, -0.1) is 0 Å². The molecule has 7 heteroatoms. The van der Waals surface area contributed by atoms with Crippen LogP contribution in [0.3, 0.4) is 0 Å². The summed E-state index contributed by atoms with van der Waals surface area (Å²) < 4.78 is 33.4. The van der Waals surface area contributed by atoms with Gasteiger partial charge in [-0.1, -0.05) is 36.4 Å². The molecule has 4 rings (SSSR count). The number of hydrogen-bond acceptors (Lipinski definition) is 4. The summed E-state index contributed by atoms with van der Waals surface area (Å²) >= 11 is 0. The number of furan rings is 1. The van der Waals surface area contributed by atoms with Crippen molar-refractivity contribution >= 4 is 38.3 Å². The van der Waals surface area contributed by atoms with Gasteiger partial charge in [0.2, 0.25) is 5.91 Å². The van der Waals surface area contributed by atoms with Gasteiger partial charge in [0, 0.05) is 16.6 Å². The van der Waals surface area contributed by atoms with Crippen molar-refractivity contribution in [3.63, 3.8) is 0 Å². The molecule has 1 heterocycles. The Labute approximate surface area is 181 Å². The van der Waals surface area contributed by atoms with Crippen LogP contribution in [0.25, 0.3) is 11.0 Å². The standard InChI is InChI=1S/C24H22N2O4S/c1-16-8-11-21-18(15-30-23(21)12-16)13-24(27)25-19-10-9-17(2)22(14-19)26-31(28,29)20-6-4-3-5-7-20/h3-12,14-15,26H,13H2,1-2H3,(H,25,27). The molecule has 158 valence electrons. The van der Waals surface area contributed by atoms with Gasteiger partial charge in [0.1, 0.15) is 5.58 Å². The maximum absolute atomic E-state index is 12.6. The lowest BCUT2D eigenvalue weighted by molar-refractivity contribution is -0.115. The van der Waals surface area contributed by atoms with E-state index in [2.05, 4.69) is 10.0 Å². The summed E-state index contributed by atoms with van der Waals surface area (Å²) in [5.41, 5.74) is 4.29. The first kappa shape index (κ1) is 20.7. The molecule has 0 atom stereocenters. The van der Waals surface area contributed by atoms with Gasteiger partial charge in [-0.05, 0) is 55.3 Å². The Bertz CT molecular complexity index is 1360. The Hall–Kier alpha value is -3.58. The number of nitrogens with one attached hydrogen (secondary N) is 2. The smallest absolute Gasteiger partial charge is 0.261 e. The average molecular weight is 435 g/mol. The summed E-state index contributed by atoms with van der Waals surface area (Å²) in [6, 6.07) is 19.1. The van der Waals surface area contributed by atoms with E-state index in [1.807, 2.05) is 25.1 Å². The summed E-state index contributed by atoms with van der Waals surface area (Å²) in [6.45, 7) is 3.78. The molecular formula is C24H22N2O4S. The van der Waals surface area contributed by atoms with Gasteiger partial charge >= 0.3 is 0 Å². The van der Waals surface area contributed by atoms with Gasteiger partial charge in [-0.25, -0.2) is 8.42 Å². The zero-order chi connectivity index (χ0) is 22.0. The van der Waals surface area contributed by atoms with E-state index in [-0.39, 0.29) is 17.2 Å². The minimum absolute atomic E-state index is 0.148. The van der Waals surface area contributed by atoms with Crippen LogP contribution in [-0.2, 0) is 21.2 Å². The summed E-state index contributed by atoms with van der Waals surface area (Å²) in [6.07, 6.45) is 1.74. The summed E-state index contributed by atoms with van der Waals surface area (Å²) in [4.78, 5) is 12.8. The van der Waals surface area contributed by atoms with E-state index in [0.29, 0.717) is 11.4 Å². The van der Waals surface area contributed by atoms with E-state index < -0.39 is 10.0 Å². The normalized spacial score (nSPS) is 11.4. The molecule has 1 amide bonds. The van der Waals surface area contributed by atoms with Crippen LogP contribution in [-0.4, -0.2) is 14.3 Å². The highest BCUT2D eigenvalue weighted by Gasteiger charge is 2.16. The number of hydrogen-bond donors (Lipinski definition) is 2. The minimum Gasteiger partial charge on any atom is -0.464 e. The molecule has 2 N–H and O–H groups in total. The largest absolute Gasteiger partial charge is 0.464 e. The average Bonchev–Trinajstić information content (AvgIpc) is 3.12. The van der Waals surface area contributed by atoms with Crippen molar-refractivity contribution in [2.45, 2.75) is 25.2 Å². The molecule has 0 saturated heterocycles. The van der Waals surface area contributed by atoms with E-state index in [9.17, 15) is 13.2 Å². The third-order valence-electron chi connectivity index (χ3n) is 4.98. The Morgan fingerprint density at radius 1 is 0.968 bits per heavy atom. The first-order chi connectivity index (χ1) is 14.8. The number of amides is 1. The van der Waals surface area contributed by atoms with E-state index in [4.69, 9.17) is 4.42 Å². The van der Waals surface area contributed by atoms with E-state index in [1.165, 1.54) is 12.1 Å². The molecule has 0 bridgehead atoms. The molecule has 0 fully saturated rings. The topological polar surface area (TPSA) is 88.4 Å². The molecule has 0 radical (unpaired) electrons. The second-order valence-corrected chi connectivity index (χ2v) is 9.12. The molecule has 31 heavy (non-hydrogen) atoms. The molecule has 0 saturated carbocycles. The molecular weight excluding hydrogens is 412 g/mol. The first-order valence-corrected chi connectivity index (χ1v) is 11.3. The van der Waals surface area contributed by atoms with Crippen LogP contribution >= 0.6 is 0 Å². The lowest BCUT2D eigenvalue weighted by Gasteiger charge is -2.13. The van der Waals surface area contributed by atoms with Crippen LogP contribution in [0.4, 0.5) is 11.4 Å². The summed E-state index contributed by atoms with van der Waals surface area (Å²) in [5, 5.41) is 3.74. The Morgan fingerprint density at radius 2 is 1.74 bits per heavy atom. The van der Waals surface area contributed by atoms with E-state index in [1.54, 1.807) is 49.6 Å². The van der Waals surface area contributed by atoms with Crippen LogP contribution in [0.1, 0.15) is 16.7 Å². The molecule has 6 nitrogen and oxygen atoms in total. The maximum atomic E-state index is 12.6. The molecule has 0 unspecified atom stereocenters. The van der Waals surface area contributed by atoms with Crippen molar-refractivity contribution in [2.24, 2.45) is 0 Å². The second-order valence-electron chi connectivity index (χ2n) is 7.43. The fourth-order valence-electron chi connectivity index (χ4n) is 3.32. The zero-order valence-electron chi connectivity index (χ0n) is 17.2. The van der Waals surface area contributed by atoms with Crippen molar-refractivity contribution in [1.82, 2.24) is 0 Å². The van der Waals surface area contributed by atoms with Crippen molar-refractivity contribution in [3.05, 3.63) is 89.7 Å². The third-order valence-corrected chi connectivity index (χ3v) is 6.36. The van der Waals surface area contributed by atoms with Gasteiger partial charge in [0.25, 0.3) is 10.0 Å². The van der Waals surface area contributed by atoms with E-state index >= 15 is 0 Å². The number of carbonyl (C=O) groups is 1. The highest BCUT2D eigenvalue weighted by molar-refractivity contribution is 7.92.